The van der Waals surface area contributed by atoms with E-state index in [0.717, 1.165) is 19.3 Å². The lowest BCUT2D eigenvalue weighted by Gasteiger charge is -2.31. The molecule has 0 unspecified atom stereocenters. The van der Waals surface area contributed by atoms with Crippen LogP contribution in [0.25, 0.3) is 0 Å². The van der Waals surface area contributed by atoms with Gasteiger partial charge in [0.15, 0.2) is 6.61 Å². The topological polar surface area (TPSA) is 118 Å². The summed E-state index contributed by atoms with van der Waals surface area (Å²) in [6.07, 6.45) is 3.99. The SMILES string of the molecule is CCOc1ccccc1C(=O)NCC(=O)OCC(=O)NC1(C#N)CCCCC1. The summed E-state index contributed by atoms with van der Waals surface area (Å²) in [6, 6.07) is 8.86. The number of nitrogens with zero attached hydrogens (tertiary/aromatic N) is 1. The van der Waals surface area contributed by atoms with Gasteiger partial charge in [0.2, 0.25) is 0 Å². The number of carbonyl (C=O) groups is 3. The molecule has 2 rings (SSSR count). The van der Waals surface area contributed by atoms with Gasteiger partial charge in [0.25, 0.3) is 11.8 Å². The third-order valence-electron chi connectivity index (χ3n) is 4.49. The Bertz CT molecular complexity index is 750. The third kappa shape index (κ3) is 5.98. The van der Waals surface area contributed by atoms with E-state index in [-0.39, 0.29) is 6.54 Å². The molecule has 150 valence electrons. The Morgan fingerprint density at radius 3 is 2.57 bits per heavy atom. The highest BCUT2D eigenvalue weighted by atomic mass is 16.5. The molecular weight excluding hydrogens is 362 g/mol. The first-order valence-electron chi connectivity index (χ1n) is 9.37. The summed E-state index contributed by atoms with van der Waals surface area (Å²) in [5, 5.41) is 14.5. The minimum Gasteiger partial charge on any atom is -0.493 e. The van der Waals surface area contributed by atoms with E-state index in [4.69, 9.17) is 9.47 Å². The number of para-hydroxylation sites is 1. The van der Waals surface area contributed by atoms with Gasteiger partial charge in [-0.15, -0.1) is 0 Å². The summed E-state index contributed by atoms with van der Waals surface area (Å²) in [5.41, 5.74) is -0.568. The zero-order valence-electron chi connectivity index (χ0n) is 16.0. The first-order valence-corrected chi connectivity index (χ1v) is 9.37. The predicted octanol–water partition coefficient (Wildman–Crippen LogP) is 1.70. The highest BCUT2D eigenvalue weighted by Crippen LogP contribution is 2.27. The molecule has 0 spiro atoms. The Balaban J connectivity index is 1.77. The second-order valence-electron chi connectivity index (χ2n) is 6.58. The van der Waals surface area contributed by atoms with Crippen LogP contribution in [0.4, 0.5) is 0 Å². The minimum atomic E-state index is -0.876. The van der Waals surface area contributed by atoms with Crippen molar-refractivity contribution in [2.45, 2.75) is 44.6 Å². The molecule has 0 atom stereocenters. The lowest BCUT2D eigenvalue weighted by molar-refractivity contribution is -0.148. The Morgan fingerprint density at radius 2 is 1.89 bits per heavy atom. The standard InChI is InChI=1S/C20H25N3O5/c1-2-27-16-9-5-4-8-15(16)19(26)22-12-18(25)28-13-17(24)23-20(14-21)10-6-3-7-11-20/h4-5,8-9H,2-3,6-7,10-13H2,1H3,(H,22,26)(H,23,24). The molecule has 1 saturated carbocycles. The molecule has 28 heavy (non-hydrogen) atoms. The number of hydrogen-bond acceptors (Lipinski definition) is 6. The molecule has 1 aliphatic rings. The molecule has 0 aromatic heterocycles. The van der Waals surface area contributed by atoms with Crippen molar-refractivity contribution in [2.75, 3.05) is 19.8 Å². The van der Waals surface area contributed by atoms with Crippen molar-refractivity contribution in [3.8, 4) is 11.8 Å². The van der Waals surface area contributed by atoms with E-state index in [9.17, 15) is 19.6 Å². The van der Waals surface area contributed by atoms with Crippen molar-refractivity contribution in [1.82, 2.24) is 10.6 Å². The lowest BCUT2D eigenvalue weighted by Crippen LogP contribution is -2.50. The van der Waals surface area contributed by atoms with Crippen molar-refractivity contribution in [1.29, 1.82) is 5.26 Å². The monoisotopic (exact) mass is 387 g/mol. The summed E-state index contributed by atoms with van der Waals surface area (Å²) < 4.78 is 10.3. The van der Waals surface area contributed by atoms with Crippen LogP contribution in [0.5, 0.6) is 5.75 Å². The van der Waals surface area contributed by atoms with Gasteiger partial charge in [0.05, 0.1) is 18.2 Å². The highest BCUT2D eigenvalue weighted by molar-refractivity contribution is 5.98. The second-order valence-corrected chi connectivity index (χ2v) is 6.58. The molecule has 0 bridgehead atoms. The summed E-state index contributed by atoms with van der Waals surface area (Å²) in [7, 11) is 0. The Labute approximate surface area is 164 Å². The largest absolute Gasteiger partial charge is 0.493 e. The molecule has 8 nitrogen and oxygen atoms in total. The fourth-order valence-corrected chi connectivity index (χ4v) is 3.10. The van der Waals surface area contributed by atoms with Crippen LogP contribution >= 0.6 is 0 Å². The number of carbonyl (C=O) groups excluding carboxylic acids is 3. The van der Waals surface area contributed by atoms with E-state index < -0.39 is 29.9 Å². The first kappa shape index (κ1) is 21.2. The van der Waals surface area contributed by atoms with Gasteiger partial charge in [-0.05, 0) is 31.9 Å². The van der Waals surface area contributed by atoms with Gasteiger partial charge in [-0.25, -0.2) is 0 Å². The van der Waals surface area contributed by atoms with E-state index in [0.29, 0.717) is 30.8 Å². The Kier molecular flexibility index (Phi) is 7.81. The maximum absolute atomic E-state index is 12.2. The van der Waals surface area contributed by atoms with Crippen LogP contribution in [0.3, 0.4) is 0 Å². The molecule has 0 radical (unpaired) electrons. The third-order valence-corrected chi connectivity index (χ3v) is 4.49. The zero-order valence-corrected chi connectivity index (χ0v) is 16.0. The summed E-state index contributed by atoms with van der Waals surface area (Å²) in [6.45, 7) is 1.34. The number of rotatable bonds is 8. The van der Waals surface area contributed by atoms with E-state index in [1.54, 1.807) is 31.2 Å². The van der Waals surface area contributed by atoms with Crippen LogP contribution in [-0.4, -0.2) is 43.1 Å². The average Bonchev–Trinajstić information content (AvgIpc) is 2.72. The van der Waals surface area contributed by atoms with Gasteiger partial charge >= 0.3 is 5.97 Å². The van der Waals surface area contributed by atoms with Gasteiger partial charge < -0.3 is 20.1 Å². The van der Waals surface area contributed by atoms with Gasteiger partial charge in [0, 0.05) is 0 Å². The van der Waals surface area contributed by atoms with E-state index in [1.165, 1.54) is 0 Å². The molecule has 2 N–H and O–H groups in total. The van der Waals surface area contributed by atoms with Crippen molar-refractivity contribution in [2.24, 2.45) is 0 Å². The number of benzene rings is 1. The van der Waals surface area contributed by atoms with Gasteiger partial charge in [-0.1, -0.05) is 31.4 Å². The predicted molar refractivity (Wildman–Crippen MR) is 100 cm³/mol. The van der Waals surface area contributed by atoms with Crippen LogP contribution in [0.1, 0.15) is 49.4 Å². The maximum atomic E-state index is 12.2. The first-order chi connectivity index (χ1) is 13.5. The number of nitrogens with one attached hydrogen (secondary N) is 2. The van der Waals surface area contributed by atoms with Crippen LogP contribution in [-0.2, 0) is 14.3 Å². The Morgan fingerprint density at radius 1 is 1.18 bits per heavy atom. The quantitative estimate of drug-likeness (QED) is 0.656. The minimum absolute atomic E-state index is 0.308. The molecule has 0 aliphatic heterocycles. The van der Waals surface area contributed by atoms with E-state index >= 15 is 0 Å². The maximum Gasteiger partial charge on any atom is 0.325 e. The van der Waals surface area contributed by atoms with Crippen LogP contribution < -0.4 is 15.4 Å². The molecule has 2 amide bonds. The van der Waals surface area contributed by atoms with Crippen molar-refractivity contribution < 1.29 is 23.9 Å². The number of hydrogen-bond donors (Lipinski definition) is 2. The molecular formula is C20H25N3O5. The van der Waals surface area contributed by atoms with Gasteiger partial charge in [-0.2, -0.15) is 5.26 Å². The van der Waals surface area contributed by atoms with Gasteiger partial charge in [-0.3, -0.25) is 14.4 Å². The fraction of sp³-hybridized carbons (Fsp3) is 0.500. The summed E-state index contributed by atoms with van der Waals surface area (Å²) in [5.74, 6) is -1.32. The molecule has 1 aromatic rings. The molecule has 0 heterocycles. The lowest BCUT2D eigenvalue weighted by atomic mass is 9.83. The van der Waals surface area contributed by atoms with Crippen LogP contribution in [0, 0.1) is 11.3 Å². The number of amides is 2. The molecule has 1 aliphatic carbocycles. The summed E-state index contributed by atoms with van der Waals surface area (Å²) >= 11 is 0. The smallest absolute Gasteiger partial charge is 0.325 e. The van der Waals surface area contributed by atoms with Crippen LogP contribution in [0.2, 0.25) is 0 Å². The average molecular weight is 387 g/mol. The van der Waals surface area contributed by atoms with Gasteiger partial charge in [0.1, 0.15) is 17.8 Å². The summed E-state index contributed by atoms with van der Waals surface area (Å²) in [4.78, 5) is 36.0. The normalized spacial score (nSPS) is 15.0. The second kappa shape index (κ2) is 10.3. The number of esters is 1. The van der Waals surface area contributed by atoms with Crippen molar-refractivity contribution in [3.05, 3.63) is 29.8 Å². The molecule has 1 fully saturated rings. The Hall–Kier alpha value is -3.08. The number of ether oxygens (including phenoxy) is 2. The highest BCUT2D eigenvalue weighted by Gasteiger charge is 2.33. The van der Waals surface area contributed by atoms with E-state index in [2.05, 4.69) is 16.7 Å². The molecule has 0 saturated heterocycles. The molecule has 1 aromatic carbocycles. The van der Waals surface area contributed by atoms with E-state index in [1.807, 2.05) is 0 Å². The van der Waals surface area contributed by atoms with Crippen molar-refractivity contribution in [3.63, 3.8) is 0 Å². The zero-order chi connectivity index (χ0) is 20.4. The van der Waals surface area contributed by atoms with Crippen molar-refractivity contribution >= 4 is 17.8 Å². The molecule has 8 heteroatoms. The van der Waals surface area contributed by atoms with Crippen LogP contribution in [0.15, 0.2) is 24.3 Å². The fourth-order valence-electron chi connectivity index (χ4n) is 3.10. The number of nitriles is 1.